The third-order valence-electron chi connectivity index (χ3n) is 5.40. The number of fused-ring (bicyclic) bond motifs is 1. The number of rotatable bonds is 8. The molecule has 5 nitrogen and oxygen atoms in total. The van der Waals surface area contributed by atoms with E-state index in [0.717, 1.165) is 27.6 Å². The van der Waals surface area contributed by atoms with Crippen molar-refractivity contribution in [3.05, 3.63) is 95.4 Å². The molecule has 0 spiro atoms. The molecule has 0 bridgehead atoms. The number of carbonyl (C=O) groups is 1. The Morgan fingerprint density at radius 1 is 1.12 bits per heavy atom. The molecule has 1 aromatic heterocycles. The lowest BCUT2D eigenvalue weighted by molar-refractivity contribution is -0.137. The number of aliphatic carboxylic acids is 1. The van der Waals surface area contributed by atoms with Gasteiger partial charge in [0.05, 0.1) is 30.6 Å². The van der Waals surface area contributed by atoms with Crippen LogP contribution < -0.4 is 4.74 Å². The smallest absolute Gasteiger partial charge is 0.304 e. The van der Waals surface area contributed by atoms with Gasteiger partial charge in [0.15, 0.2) is 0 Å². The number of aromatic nitrogens is 2. The largest absolute Gasteiger partial charge is 0.489 e. The molecule has 1 heterocycles. The first-order chi connectivity index (χ1) is 16.0. The predicted octanol–water partition coefficient (Wildman–Crippen LogP) is 5.38. The maximum absolute atomic E-state index is 13.2. The number of nitrogens with zero attached hydrogens (tertiary/aromatic N) is 2. The summed E-state index contributed by atoms with van der Waals surface area (Å²) in [6.45, 7) is 2.62. The highest BCUT2D eigenvalue weighted by Gasteiger charge is 2.13. The van der Waals surface area contributed by atoms with Gasteiger partial charge in [-0.15, -0.1) is 5.92 Å². The summed E-state index contributed by atoms with van der Waals surface area (Å²) >= 11 is 0. The summed E-state index contributed by atoms with van der Waals surface area (Å²) in [7, 11) is 0. The summed E-state index contributed by atoms with van der Waals surface area (Å²) in [5.74, 6) is 4.96. The van der Waals surface area contributed by atoms with Crippen LogP contribution in [0.15, 0.2) is 72.9 Å². The molecule has 6 heteroatoms. The minimum Gasteiger partial charge on any atom is -0.489 e. The minimum absolute atomic E-state index is 0.0368. The Balaban J connectivity index is 1.47. The highest BCUT2D eigenvalue weighted by molar-refractivity contribution is 5.82. The van der Waals surface area contributed by atoms with E-state index in [0.29, 0.717) is 18.9 Å². The highest BCUT2D eigenvalue weighted by Crippen LogP contribution is 2.24. The maximum atomic E-state index is 13.2. The average Bonchev–Trinajstić information content (AvgIpc) is 3.22. The van der Waals surface area contributed by atoms with E-state index in [1.807, 2.05) is 53.3 Å². The van der Waals surface area contributed by atoms with Crippen molar-refractivity contribution in [2.24, 2.45) is 0 Å². The molecule has 0 fully saturated rings. The topological polar surface area (TPSA) is 64.3 Å². The molecule has 3 aromatic carbocycles. The predicted molar refractivity (Wildman–Crippen MR) is 124 cm³/mol. The van der Waals surface area contributed by atoms with Gasteiger partial charge in [-0.05, 0) is 48.4 Å². The van der Waals surface area contributed by atoms with Gasteiger partial charge in [-0.1, -0.05) is 42.3 Å². The number of hydrogen-bond acceptors (Lipinski definition) is 3. The molecular formula is C27H23FN2O3. The van der Waals surface area contributed by atoms with Crippen molar-refractivity contribution in [3.8, 4) is 17.6 Å². The van der Waals surface area contributed by atoms with Gasteiger partial charge in [0.2, 0.25) is 0 Å². The number of carboxylic acid groups (broad SMARTS) is 1. The molecule has 0 saturated heterocycles. The second-order valence-electron chi connectivity index (χ2n) is 7.68. The number of carboxylic acids is 1. The van der Waals surface area contributed by atoms with E-state index >= 15 is 0 Å². The second kappa shape index (κ2) is 10.0. The molecule has 0 aliphatic carbocycles. The quantitative estimate of drug-likeness (QED) is 0.372. The number of halogens is 1. The molecule has 0 unspecified atom stereocenters. The fourth-order valence-corrected chi connectivity index (χ4v) is 3.74. The fraction of sp³-hybridized carbons (Fsp3) is 0.185. The van der Waals surface area contributed by atoms with Crippen LogP contribution >= 0.6 is 0 Å². The maximum Gasteiger partial charge on any atom is 0.304 e. The van der Waals surface area contributed by atoms with E-state index in [9.17, 15) is 9.18 Å². The first-order valence-electron chi connectivity index (χ1n) is 10.6. The van der Waals surface area contributed by atoms with Gasteiger partial charge in [-0.2, -0.15) is 5.10 Å². The zero-order valence-corrected chi connectivity index (χ0v) is 18.2. The molecule has 33 heavy (non-hydrogen) atoms. The van der Waals surface area contributed by atoms with Crippen LogP contribution in [0.2, 0.25) is 0 Å². The van der Waals surface area contributed by atoms with Crippen molar-refractivity contribution < 1.29 is 19.0 Å². The van der Waals surface area contributed by atoms with E-state index < -0.39 is 5.97 Å². The van der Waals surface area contributed by atoms with Gasteiger partial charge in [0.1, 0.15) is 18.2 Å². The van der Waals surface area contributed by atoms with Gasteiger partial charge < -0.3 is 9.84 Å². The fourth-order valence-electron chi connectivity index (χ4n) is 3.74. The summed E-state index contributed by atoms with van der Waals surface area (Å²) in [5.41, 5.74) is 3.80. The molecule has 166 valence electrons. The van der Waals surface area contributed by atoms with Crippen LogP contribution in [0.1, 0.15) is 36.0 Å². The monoisotopic (exact) mass is 442 g/mol. The number of benzene rings is 3. The normalized spacial score (nSPS) is 11.6. The van der Waals surface area contributed by atoms with E-state index in [4.69, 9.17) is 9.84 Å². The summed E-state index contributed by atoms with van der Waals surface area (Å²) in [6.07, 6.45) is 1.78. The van der Waals surface area contributed by atoms with Crippen molar-refractivity contribution >= 4 is 16.9 Å². The van der Waals surface area contributed by atoms with Gasteiger partial charge >= 0.3 is 5.97 Å². The van der Waals surface area contributed by atoms with Crippen LogP contribution in [0.25, 0.3) is 10.9 Å². The third kappa shape index (κ3) is 5.39. The van der Waals surface area contributed by atoms with Gasteiger partial charge in [0.25, 0.3) is 0 Å². The molecule has 4 rings (SSSR count). The van der Waals surface area contributed by atoms with Crippen molar-refractivity contribution in [3.63, 3.8) is 0 Å². The molecule has 1 atom stereocenters. The van der Waals surface area contributed by atoms with Crippen molar-refractivity contribution in [1.82, 2.24) is 9.78 Å². The molecule has 0 amide bonds. The van der Waals surface area contributed by atoms with Crippen LogP contribution in [0, 0.1) is 17.7 Å². The Bertz CT molecular complexity index is 1320. The summed E-state index contributed by atoms with van der Waals surface area (Å²) < 4.78 is 21.0. The van der Waals surface area contributed by atoms with Gasteiger partial charge in [-0.25, -0.2) is 4.39 Å². The number of ether oxygens (including phenoxy) is 1. The summed E-state index contributed by atoms with van der Waals surface area (Å²) in [4.78, 5) is 11.1. The van der Waals surface area contributed by atoms with Crippen LogP contribution in [0.5, 0.6) is 5.75 Å². The Kier molecular flexibility index (Phi) is 6.70. The third-order valence-corrected chi connectivity index (χ3v) is 5.40. The molecule has 0 radical (unpaired) electrons. The molecular weight excluding hydrogens is 419 g/mol. The van der Waals surface area contributed by atoms with Crippen molar-refractivity contribution in [2.45, 2.75) is 32.4 Å². The molecule has 4 aromatic rings. The van der Waals surface area contributed by atoms with Gasteiger partial charge in [-0.3, -0.25) is 9.48 Å². The zero-order chi connectivity index (χ0) is 23.2. The molecule has 0 aliphatic rings. The first-order valence-corrected chi connectivity index (χ1v) is 10.6. The molecule has 0 aliphatic heterocycles. The van der Waals surface area contributed by atoms with E-state index in [1.165, 1.54) is 12.1 Å². The standard InChI is InChI=1S/C27H23FN2O3/c1-2-4-21(15-27(31)32)20-9-13-24(14-10-20)33-18-22-5-3-6-26-25(22)16-29-30(26)17-19-7-11-23(28)12-8-19/h3,5-14,16,21H,15,17-18H2,1H3,(H,31,32)/t21-/m0/s1. The Labute approximate surface area is 191 Å². The summed E-state index contributed by atoms with van der Waals surface area (Å²) in [5, 5.41) is 14.6. The molecule has 1 N–H and O–H groups in total. The SMILES string of the molecule is CC#C[C@@H](CC(=O)O)c1ccc(OCc2cccc3c2cnn3Cc2ccc(F)cc2)cc1. The van der Waals surface area contributed by atoms with Crippen LogP contribution in [-0.4, -0.2) is 20.9 Å². The number of hydrogen-bond donors (Lipinski definition) is 1. The lowest BCUT2D eigenvalue weighted by atomic mass is 9.96. The minimum atomic E-state index is -0.879. The first kappa shape index (κ1) is 22.1. The van der Waals surface area contributed by atoms with Crippen LogP contribution in [-0.2, 0) is 17.9 Å². The van der Waals surface area contributed by atoms with E-state index in [1.54, 1.807) is 19.1 Å². The highest BCUT2D eigenvalue weighted by atomic mass is 19.1. The second-order valence-corrected chi connectivity index (χ2v) is 7.68. The lowest BCUT2D eigenvalue weighted by Crippen LogP contribution is -2.04. The Morgan fingerprint density at radius 3 is 2.58 bits per heavy atom. The van der Waals surface area contributed by atoms with Gasteiger partial charge in [0, 0.05) is 10.9 Å². The lowest BCUT2D eigenvalue weighted by Gasteiger charge is -2.11. The molecule has 0 saturated carbocycles. The Hall–Kier alpha value is -4.11. The van der Waals surface area contributed by atoms with Crippen LogP contribution in [0.3, 0.4) is 0 Å². The van der Waals surface area contributed by atoms with Crippen LogP contribution in [0.4, 0.5) is 4.39 Å². The summed E-state index contributed by atoms with van der Waals surface area (Å²) in [6, 6.07) is 19.8. The van der Waals surface area contributed by atoms with Crippen molar-refractivity contribution in [1.29, 1.82) is 0 Å². The average molecular weight is 442 g/mol. The van der Waals surface area contributed by atoms with E-state index in [2.05, 4.69) is 16.9 Å². The Morgan fingerprint density at radius 2 is 1.88 bits per heavy atom. The van der Waals surface area contributed by atoms with Crippen molar-refractivity contribution in [2.75, 3.05) is 0 Å². The zero-order valence-electron chi connectivity index (χ0n) is 18.2. The van der Waals surface area contributed by atoms with E-state index in [-0.39, 0.29) is 18.2 Å².